The van der Waals surface area contributed by atoms with Gasteiger partial charge in [-0.05, 0) is 48.6 Å². The smallest absolute Gasteiger partial charge is 0.311 e. The van der Waals surface area contributed by atoms with Crippen LogP contribution < -0.4 is 4.74 Å². The third-order valence-electron chi connectivity index (χ3n) is 3.36. The Bertz CT molecular complexity index is 637. The molecule has 0 spiro atoms. The molecule has 4 nitrogen and oxygen atoms in total. The maximum Gasteiger partial charge on any atom is 0.311 e. The second-order valence-corrected chi connectivity index (χ2v) is 4.61. The Balaban J connectivity index is 1.91. The molecule has 0 N–H and O–H groups in total. The first-order valence-electron chi connectivity index (χ1n) is 6.27. The summed E-state index contributed by atoms with van der Waals surface area (Å²) in [6.45, 7) is 0. The van der Waals surface area contributed by atoms with E-state index in [0.717, 1.165) is 12.8 Å². The highest BCUT2D eigenvalue weighted by Crippen LogP contribution is 2.33. The van der Waals surface area contributed by atoms with Gasteiger partial charge in [-0.1, -0.05) is 18.2 Å². The maximum atomic E-state index is 10.9. The van der Waals surface area contributed by atoms with E-state index in [9.17, 15) is 10.1 Å². The minimum absolute atomic E-state index is 0.0111. The van der Waals surface area contributed by atoms with Crippen LogP contribution in [0.1, 0.15) is 17.5 Å². The van der Waals surface area contributed by atoms with Crippen molar-refractivity contribution in [1.29, 1.82) is 0 Å². The molecule has 0 saturated heterocycles. The van der Waals surface area contributed by atoms with Crippen molar-refractivity contribution in [3.63, 3.8) is 0 Å². The number of nitro benzene ring substituents is 1. The Morgan fingerprint density at radius 1 is 1.05 bits per heavy atom. The molecule has 3 rings (SSSR count). The molecule has 4 heteroatoms. The highest BCUT2D eigenvalue weighted by molar-refractivity contribution is 5.49. The fourth-order valence-electron chi connectivity index (χ4n) is 2.43. The second-order valence-electron chi connectivity index (χ2n) is 4.61. The van der Waals surface area contributed by atoms with Crippen molar-refractivity contribution in [2.24, 2.45) is 0 Å². The van der Waals surface area contributed by atoms with Gasteiger partial charge in [-0.25, -0.2) is 0 Å². The van der Waals surface area contributed by atoms with Crippen molar-refractivity contribution >= 4 is 5.69 Å². The van der Waals surface area contributed by atoms with Gasteiger partial charge in [-0.15, -0.1) is 0 Å². The molecule has 96 valence electrons. The summed E-state index contributed by atoms with van der Waals surface area (Å²) < 4.78 is 5.65. The lowest BCUT2D eigenvalue weighted by atomic mass is 10.1. The Morgan fingerprint density at radius 3 is 2.68 bits per heavy atom. The van der Waals surface area contributed by atoms with Crippen LogP contribution in [-0.4, -0.2) is 4.92 Å². The molecule has 1 aliphatic rings. The lowest BCUT2D eigenvalue weighted by Crippen LogP contribution is -1.93. The van der Waals surface area contributed by atoms with Crippen molar-refractivity contribution < 1.29 is 9.66 Å². The monoisotopic (exact) mass is 255 g/mol. The average Bonchev–Trinajstić information content (AvgIpc) is 2.86. The average molecular weight is 255 g/mol. The van der Waals surface area contributed by atoms with Gasteiger partial charge in [0, 0.05) is 6.07 Å². The standard InChI is InChI=1S/C15H13NO3/c17-16(18)14-6-1-2-7-15(14)19-13-9-8-11-4-3-5-12(11)10-13/h1-2,6-10H,3-5H2. The molecule has 0 amide bonds. The molecule has 0 radical (unpaired) electrons. The van der Waals surface area contributed by atoms with Crippen LogP contribution in [0.25, 0.3) is 0 Å². The summed E-state index contributed by atoms with van der Waals surface area (Å²) in [6.07, 6.45) is 3.34. The molecule has 0 bridgehead atoms. The van der Waals surface area contributed by atoms with Crippen LogP contribution in [0.4, 0.5) is 5.69 Å². The SMILES string of the molecule is O=[N+]([O-])c1ccccc1Oc1ccc2c(c1)CCC2. The minimum Gasteiger partial charge on any atom is -0.450 e. The molecule has 19 heavy (non-hydrogen) atoms. The molecule has 0 fully saturated rings. The Hall–Kier alpha value is -2.36. The van der Waals surface area contributed by atoms with E-state index < -0.39 is 4.92 Å². The summed E-state index contributed by atoms with van der Waals surface area (Å²) in [4.78, 5) is 10.5. The summed E-state index contributed by atoms with van der Waals surface area (Å²) in [7, 11) is 0. The maximum absolute atomic E-state index is 10.9. The molecular formula is C15H13NO3. The highest BCUT2D eigenvalue weighted by atomic mass is 16.6. The third-order valence-corrected chi connectivity index (χ3v) is 3.36. The Kier molecular flexibility index (Phi) is 2.91. The van der Waals surface area contributed by atoms with Gasteiger partial charge in [0.1, 0.15) is 5.75 Å². The summed E-state index contributed by atoms with van der Waals surface area (Å²) in [5.74, 6) is 0.945. The molecule has 0 saturated carbocycles. The quantitative estimate of drug-likeness (QED) is 0.617. The number of nitrogens with zero attached hydrogens (tertiary/aromatic N) is 1. The number of nitro groups is 1. The van der Waals surface area contributed by atoms with Gasteiger partial charge in [0.15, 0.2) is 0 Å². The largest absolute Gasteiger partial charge is 0.450 e. The van der Waals surface area contributed by atoms with Gasteiger partial charge in [-0.2, -0.15) is 0 Å². The van der Waals surface area contributed by atoms with E-state index in [1.807, 2.05) is 18.2 Å². The van der Waals surface area contributed by atoms with Gasteiger partial charge in [0.05, 0.1) is 4.92 Å². The van der Waals surface area contributed by atoms with Crippen LogP contribution in [-0.2, 0) is 12.8 Å². The van der Waals surface area contributed by atoms with Crippen molar-refractivity contribution in [1.82, 2.24) is 0 Å². The van der Waals surface area contributed by atoms with E-state index in [0.29, 0.717) is 5.75 Å². The molecule has 0 heterocycles. The predicted octanol–water partition coefficient (Wildman–Crippen LogP) is 3.88. The lowest BCUT2D eigenvalue weighted by molar-refractivity contribution is -0.385. The minimum atomic E-state index is -0.428. The molecular weight excluding hydrogens is 242 g/mol. The number of aryl methyl sites for hydroxylation is 2. The van der Waals surface area contributed by atoms with Crippen LogP contribution in [0.3, 0.4) is 0 Å². The zero-order valence-corrected chi connectivity index (χ0v) is 10.3. The molecule has 0 unspecified atom stereocenters. The van der Waals surface area contributed by atoms with Crippen LogP contribution in [0, 0.1) is 10.1 Å². The van der Waals surface area contributed by atoms with Crippen LogP contribution in [0.5, 0.6) is 11.5 Å². The first-order chi connectivity index (χ1) is 9.24. The van der Waals surface area contributed by atoms with Crippen LogP contribution >= 0.6 is 0 Å². The summed E-state index contributed by atoms with van der Waals surface area (Å²) in [6, 6.07) is 12.3. The zero-order valence-electron chi connectivity index (χ0n) is 10.3. The molecule has 1 aliphatic carbocycles. The number of benzene rings is 2. The lowest BCUT2D eigenvalue weighted by Gasteiger charge is -2.07. The normalized spacial score (nSPS) is 13.1. The topological polar surface area (TPSA) is 52.4 Å². The number of rotatable bonds is 3. The predicted molar refractivity (Wildman–Crippen MR) is 71.6 cm³/mol. The van der Waals surface area contributed by atoms with Gasteiger partial charge >= 0.3 is 5.69 Å². The fraction of sp³-hybridized carbons (Fsp3) is 0.200. The number of para-hydroxylation sites is 2. The van der Waals surface area contributed by atoms with Crippen molar-refractivity contribution in [2.45, 2.75) is 19.3 Å². The molecule has 0 aromatic heterocycles. The van der Waals surface area contributed by atoms with E-state index in [2.05, 4.69) is 0 Å². The number of hydrogen-bond donors (Lipinski definition) is 0. The van der Waals surface area contributed by atoms with E-state index in [-0.39, 0.29) is 11.4 Å². The van der Waals surface area contributed by atoms with Gasteiger partial charge in [-0.3, -0.25) is 10.1 Å². The number of ether oxygens (including phenoxy) is 1. The van der Waals surface area contributed by atoms with Gasteiger partial charge in [0.2, 0.25) is 5.75 Å². The zero-order chi connectivity index (χ0) is 13.2. The molecule has 2 aromatic carbocycles. The fourth-order valence-corrected chi connectivity index (χ4v) is 2.43. The van der Waals surface area contributed by atoms with E-state index in [1.54, 1.807) is 18.2 Å². The second kappa shape index (κ2) is 4.72. The van der Waals surface area contributed by atoms with Crippen molar-refractivity contribution in [2.75, 3.05) is 0 Å². The van der Waals surface area contributed by atoms with Gasteiger partial charge < -0.3 is 4.74 Å². The van der Waals surface area contributed by atoms with Crippen LogP contribution in [0.2, 0.25) is 0 Å². The van der Waals surface area contributed by atoms with E-state index >= 15 is 0 Å². The Morgan fingerprint density at radius 2 is 1.84 bits per heavy atom. The molecule has 0 atom stereocenters. The number of fused-ring (bicyclic) bond motifs is 1. The first kappa shape index (κ1) is 11.7. The van der Waals surface area contributed by atoms with Crippen molar-refractivity contribution in [3.05, 3.63) is 63.7 Å². The molecule has 0 aliphatic heterocycles. The Labute approximate surface area is 110 Å². The molecule has 2 aromatic rings. The van der Waals surface area contributed by atoms with E-state index in [1.165, 1.54) is 23.6 Å². The van der Waals surface area contributed by atoms with Gasteiger partial charge in [0.25, 0.3) is 0 Å². The summed E-state index contributed by atoms with van der Waals surface area (Å²) >= 11 is 0. The third kappa shape index (κ3) is 2.29. The highest BCUT2D eigenvalue weighted by Gasteiger charge is 2.16. The van der Waals surface area contributed by atoms with E-state index in [4.69, 9.17) is 4.74 Å². The first-order valence-corrected chi connectivity index (χ1v) is 6.27. The number of hydrogen-bond acceptors (Lipinski definition) is 3. The van der Waals surface area contributed by atoms with Crippen LogP contribution in [0.15, 0.2) is 42.5 Å². The van der Waals surface area contributed by atoms with Crippen molar-refractivity contribution in [3.8, 4) is 11.5 Å². The summed E-state index contributed by atoms with van der Waals surface area (Å²) in [5.41, 5.74) is 2.63. The summed E-state index contributed by atoms with van der Waals surface area (Å²) in [5, 5.41) is 10.9.